The molecule has 1 fully saturated rings. The Morgan fingerprint density at radius 3 is 2.58 bits per heavy atom. The highest BCUT2D eigenvalue weighted by molar-refractivity contribution is 5.90. The molecule has 2 unspecified atom stereocenters. The van der Waals surface area contributed by atoms with E-state index in [2.05, 4.69) is 15.6 Å². The second-order valence-electron chi connectivity index (χ2n) is 9.01. The number of nitrogens with one attached hydrogen (secondary N) is 1. The van der Waals surface area contributed by atoms with Crippen LogP contribution in [0.5, 0.6) is 5.75 Å². The van der Waals surface area contributed by atoms with E-state index < -0.39 is 28.5 Å². The lowest BCUT2D eigenvalue weighted by molar-refractivity contribution is -0.384. The number of nitro benzene ring substituents is 1. The number of nitro groups is 1. The molecule has 1 aliphatic heterocycles. The molecule has 2 N–H and O–H groups in total. The number of ether oxygens (including phenoxy) is 1. The zero-order chi connectivity index (χ0) is 24.3. The molecular formula is C21H28N6O6. The van der Waals surface area contributed by atoms with Crippen LogP contribution in [0.2, 0.25) is 0 Å². The van der Waals surface area contributed by atoms with E-state index in [9.17, 15) is 24.8 Å². The molecule has 0 radical (unpaired) electrons. The van der Waals surface area contributed by atoms with Gasteiger partial charge in [0.05, 0.1) is 17.2 Å². The molecule has 12 nitrogen and oxygen atoms in total. The van der Waals surface area contributed by atoms with E-state index in [-0.39, 0.29) is 37.1 Å². The highest BCUT2D eigenvalue weighted by atomic mass is 16.6. The summed E-state index contributed by atoms with van der Waals surface area (Å²) < 4.78 is 7.07. The standard InChI is InChI=1S/C21H28N6O6/c1-21(2,3)18(20(30)25-11-15(28)9-17(25)19(29)22-4)26-10-13(23-24-26)12-33-16-7-5-14(6-8-16)27(31)32/h5-8,10,15,17-18,28H,9,11-12H2,1-4H3,(H,22,29)/t15?,17-,18?/m1/s1. The van der Waals surface area contributed by atoms with Crippen molar-refractivity contribution < 1.29 is 24.4 Å². The van der Waals surface area contributed by atoms with Crippen molar-refractivity contribution in [3.8, 4) is 5.75 Å². The number of non-ortho nitro benzene ring substituents is 1. The van der Waals surface area contributed by atoms with Crippen LogP contribution in [0, 0.1) is 15.5 Å². The number of carbonyl (C=O) groups excluding carboxylic acids is 2. The van der Waals surface area contributed by atoms with E-state index in [0.717, 1.165) is 0 Å². The van der Waals surface area contributed by atoms with Gasteiger partial charge in [-0.2, -0.15) is 0 Å². The molecule has 3 rings (SSSR count). The molecule has 12 heteroatoms. The van der Waals surface area contributed by atoms with Crippen molar-refractivity contribution in [1.82, 2.24) is 25.2 Å². The highest BCUT2D eigenvalue weighted by Gasteiger charge is 2.45. The normalized spacial score (nSPS) is 19.2. The molecule has 0 saturated carbocycles. The van der Waals surface area contributed by atoms with E-state index in [1.54, 1.807) is 6.20 Å². The van der Waals surface area contributed by atoms with Gasteiger partial charge < -0.3 is 20.1 Å². The van der Waals surface area contributed by atoms with Crippen molar-refractivity contribution in [3.05, 3.63) is 46.3 Å². The molecule has 178 valence electrons. The number of hydrogen-bond acceptors (Lipinski definition) is 8. The molecule has 1 aliphatic rings. The number of amides is 2. The van der Waals surface area contributed by atoms with E-state index in [1.807, 2.05) is 20.8 Å². The summed E-state index contributed by atoms with van der Waals surface area (Å²) >= 11 is 0. The molecule has 0 bridgehead atoms. The first-order valence-electron chi connectivity index (χ1n) is 10.5. The number of hydrogen-bond donors (Lipinski definition) is 2. The van der Waals surface area contributed by atoms with Crippen LogP contribution in [-0.2, 0) is 16.2 Å². The molecule has 1 aromatic carbocycles. The van der Waals surface area contributed by atoms with Crippen molar-refractivity contribution in [2.24, 2.45) is 5.41 Å². The molecule has 1 saturated heterocycles. The summed E-state index contributed by atoms with van der Waals surface area (Å²) in [6, 6.07) is 4.14. The van der Waals surface area contributed by atoms with E-state index in [4.69, 9.17) is 4.74 Å². The van der Waals surface area contributed by atoms with Crippen molar-refractivity contribution in [2.45, 2.75) is 52.0 Å². The second-order valence-corrected chi connectivity index (χ2v) is 9.01. The maximum Gasteiger partial charge on any atom is 0.269 e. The zero-order valence-electron chi connectivity index (χ0n) is 19.0. The quantitative estimate of drug-likeness (QED) is 0.459. The van der Waals surface area contributed by atoms with Gasteiger partial charge in [0.25, 0.3) is 5.69 Å². The number of aliphatic hydroxyl groups is 1. The number of carbonyl (C=O) groups is 2. The molecular weight excluding hydrogens is 432 g/mol. The van der Waals surface area contributed by atoms with E-state index >= 15 is 0 Å². The summed E-state index contributed by atoms with van der Waals surface area (Å²) in [5.74, 6) is -0.234. The Morgan fingerprint density at radius 2 is 2.00 bits per heavy atom. The summed E-state index contributed by atoms with van der Waals surface area (Å²) in [5.41, 5.74) is -0.149. The number of aliphatic hydroxyl groups excluding tert-OH is 1. The minimum absolute atomic E-state index is 0.0399. The molecule has 2 amide bonds. The van der Waals surface area contributed by atoms with Crippen molar-refractivity contribution in [1.29, 1.82) is 0 Å². The number of likely N-dealkylation sites (N-methyl/N-ethyl adjacent to an activating group) is 1. The zero-order valence-corrected chi connectivity index (χ0v) is 19.0. The summed E-state index contributed by atoms with van der Waals surface area (Å²) in [6.45, 7) is 5.75. The smallest absolute Gasteiger partial charge is 0.269 e. The van der Waals surface area contributed by atoms with Gasteiger partial charge in [0.1, 0.15) is 30.1 Å². The summed E-state index contributed by atoms with van der Waals surface area (Å²) in [6.07, 6.45) is 0.993. The summed E-state index contributed by atoms with van der Waals surface area (Å²) in [7, 11) is 1.49. The third-order valence-electron chi connectivity index (χ3n) is 5.42. The van der Waals surface area contributed by atoms with Crippen LogP contribution in [0.15, 0.2) is 30.5 Å². The third-order valence-corrected chi connectivity index (χ3v) is 5.42. The van der Waals surface area contributed by atoms with Gasteiger partial charge in [-0.1, -0.05) is 26.0 Å². The molecule has 2 heterocycles. The highest BCUT2D eigenvalue weighted by Crippen LogP contribution is 2.34. The third kappa shape index (κ3) is 5.45. The first-order valence-corrected chi connectivity index (χ1v) is 10.5. The van der Waals surface area contributed by atoms with Crippen LogP contribution in [0.25, 0.3) is 0 Å². The van der Waals surface area contributed by atoms with Gasteiger partial charge >= 0.3 is 0 Å². The number of nitrogens with zero attached hydrogens (tertiary/aromatic N) is 5. The van der Waals surface area contributed by atoms with Crippen LogP contribution in [-0.4, -0.2) is 67.5 Å². The largest absolute Gasteiger partial charge is 0.487 e. The van der Waals surface area contributed by atoms with E-state index in [0.29, 0.717) is 11.4 Å². The molecule has 33 heavy (non-hydrogen) atoms. The second kappa shape index (κ2) is 9.53. The van der Waals surface area contributed by atoms with E-state index in [1.165, 1.54) is 40.9 Å². The fourth-order valence-corrected chi connectivity index (χ4v) is 3.84. The molecule has 3 atom stereocenters. The number of benzene rings is 1. The number of aromatic nitrogens is 3. The number of rotatable bonds is 7. The SMILES string of the molecule is CNC(=O)[C@H]1CC(O)CN1C(=O)C(n1cc(COc2ccc([N+](=O)[O-])cc2)nn1)C(C)(C)C. The first kappa shape index (κ1) is 24.1. The maximum atomic E-state index is 13.5. The lowest BCUT2D eigenvalue weighted by Gasteiger charge is -2.34. The van der Waals surface area contributed by atoms with Crippen LogP contribution in [0.3, 0.4) is 0 Å². The average Bonchev–Trinajstić information content (AvgIpc) is 3.37. The van der Waals surface area contributed by atoms with Gasteiger partial charge in [-0.15, -0.1) is 5.10 Å². The fraction of sp³-hybridized carbons (Fsp3) is 0.524. The van der Waals surface area contributed by atoms with Gasteiger partial charge in [-0.3, -0.25) is 19.7 Å². The fourth-order valence-electron chi connectivity index (χ4n) is 3.84. The topological polar surface area (TPSA) is 153 Å². The lowest BCUT2D eigenvalue weighted by atomic mass is 9.85. The van der Waals surface area contributed by atoms with Gasteiger partial charge in [0.15, 0.2) is 0 Å². The monoisotopic (exact) mass is 460 g/mol. The van der Waals surface area contributed by atoms with Gasteiger partial charge in [-0.05, 0) is 17.5 Å². The van der Waals surface area contributed by atoms with Gasteiger partial charge in [0.2, 0.25) is 11.8 Å². The summed E-state index contributed by atoms with van der Waals surface area (Å²) in [5, 5.41) is 31.6. The molecule has 1 aromatic heterocycles. The van der Waals surface area contributed by atoms with Crippen molar-refractivity contribution in [2.75, 3.05) is 13.6 Å². The molecule has 0 aliphatic carbocycles. The Hall–Kier alpha value is -3.54. The Labute approximate surface area is 190 Å². The summed E-state index contributed by atoms with van der Waals surface area (Å²) in [4.78, 5) is 37.4. The van der Waals surface area contributed by atoms with Crippen LogP contribution >= 0.6 is 0 Å². The Balaban J connectivity index is 1.76. The molecule has 2 aromatic rings. The lowest BCUT2D eigenvalue weighted by Crippen LogP contribution is -2.49. The Kier molecular flexibility index (Phi) is 6.96. The van der Waals surface area contributed by atoms with Crippen LogP contribution in [0.4, 0.5) is 5.69 Å². The van der Waals surface area contributed by atoms with Crippen LogP contribution < -0.4 is 10.1 Å². The first-order chi connectivity index (χ1) is 15.5. The number of β-amino-alcohol motifs (C(OH)–C–C–N with tert-alkyl or cyclic N) is 1. The van der Waals surface area contributed by atoms with Gasteiger partial charge in [0, 0.05) is 32.1 Å². The minimum atomic E-state index is -0.779. The Morgan fingerprint density at radius 1 is 1.33 bits per heavy atom. The minimum Gasteiger partial charge on any atom is -0.487 e. The average molecular weight is 460 g/mol. The van der Waals surface area contributed by atoms with Crippen LogP contribution in [0.1, 0.15) is 38.9 Å². The van der Waals surface area contributed by atoms with Crippen molar-refractivity contribution >= 4 is 17.5 Å². The van der Waals surface area contributed by atoms with Gasteiger partial charge in [-0.25, -0.2) is 4.68 Å². The Bertz CT molecular complexity index is 1010. The van der Waals surface area contributed by atoms with Crippen molar-refractivity contribution in [3.63, 3.8) is 0 Å². The molecule has 0 spiro atoms. The predicted octanol–water partition coefficient (Wildman–Crippen LogP) is 1.06. The number of likely N-dealkylation sites (tertiary alicyclic amines) is 1. The maximum absolute atomic E-state index is 13.5. The predicted molar refractivity (Wildman–Crippen MR) is 116 cm³/mol.